The van der Waals surface area contributed by atoms with Crippen molar-refractivity contribution in [3.63, 3.8) is 0 Å². The van der Waals surface area contributed by atoms with Crippen LogP contribution in [0.15, 0.2) is 140 Å². The van der Waals surface area contributed by atoms with Crippen LogP contribution < -0.4 is 9.30 Å². The predicted octanol–water partition coefficient (Wildman–Crippen LogP) is 12.3. The number of para-hydroxylation sites is 1. The third kappa shape index (κ3) is 7.20. The van der Waals surface area contributed by atoms with Crippen molar-refractivity contribution in [2.45, 2.75) is 53.9 Å². The van der Waals surface area contributed by atoms with Crippen LogP contribution in [0.4, 0.5) is 0 Å². The molecule has 0 aliphatic carbocycles. The van der Waals surface area contributed by atoms with Crippen LogP contribution in [0.3, 0.4) is 0 Å². The molecule has 6 aromatic carbocycles. The number of aryl methyl sites for hydroxylation is 4. The topological polar surface area (TPSA) is 35.9 Å². The summed E-state index contributed by atoms with van der Waals surface area (Å²) in [5.41, 5.74) is 14.9. The molecule has 0 N–H and O–H groups in total. The van der Waals surface area contributed by atoms with E-state index in [4.69, 9.17) is 9.72 Å². The van der Waals surface area contributed by atoms with Gasteiger partial charge in [-0.15, -0.1) is 29.7 Å². The van der Waals surface area contributed by atoms with Gasteiger partial charge >= 0.3 is 0 Å². The number of pyridine rings is 1. The number of hydrogen-bond acceptors (Lipinski definition) is 2. The number of imidazole rings is 1. The molecule has 6 heteroatoms. The number of aromatic nitrogens is 4. The number of nitrogens with zero attached hydrogens (tertiary/aromatic N) is 4. The molecule has 9 aromatic rings. The molecule has 0 fully saturated rings. The van der Waals surface area contributed by atoms with Gasteiger partial charge in [-0.05, 0) is 131 Å². The molecule has 290 valence electrons. The van der Waals surface area contributed by atoms with Gasteiger partial charge in [0.05, 0.1) is 5.69 Å². The Morgan fingerprint density at radius 1 is 0.638 bits per heavy atom. The minimum Gasteiger partial charge on any atom is -0.510 e. The minimum atomic E-state index is -0.0144. The van der Waals surface area contributed by atoms with Crippen molar-refractivity contribution in [3.8, 4) is 50.9 Å². The fourth-order valence-corrected chi connectivity index (χ4v) is 8.11. The van der Waals surface area contributed by atoms with Gasteiger partial charge in [0.1, 0.15) is 5.82 Å². The molecule has 0 radical (unpaired) electrons. The van der Waals surface area contributed by atoms with Gasteiger partial charge in [-0.2, -0.15) is 18.2 Å². The summed E-state index contributed by atoms with van der Waals surface area (Å²) in [6.45, 7) is 15.4. The Kier molecular flexibility index (Phi) is 10.3. The second kappa shape index (κ2) is 15.4. The van der Waals surface area contributed by atoms with Crippen molar-refractivity contribution in [1.29, 1.82) is 0 Å². The van der Waals surface area contributed by atoms with Gasteiger partial charge in [-0.3, -0.25) is 4.57 Å². The summed E-state index contributed by atoms with van der Waals surface area (Å²) < 4.78 is 12.7. The summed E-state index contributed by atoms with van der Waals surface area (Å²) >= 11 is 0. The van der Waals surface area contributed by atoms with Crippen LogP contribution in [-0.2, 0) is 26.5 Å². The SMILES string of the molecule is Cc1cccc(C)c1-c1cc(-c2c(C)cccc2C)cc(-[n+]2[c-]n(-c3[c-]c(Oc4[c-]c5c(cc4)c4ccccc4n5-c4cc(C(C)(C)C)ccn4)ccc3)cc2)c1.[Pt]. The van der Waals surface area contributed by atoms with Crippen molar-refractivity contribution < 1.29 is 30.4 Å². The third-order valence-electron chi connectivity index (χ3n) is 10.9. The zero-order chi connectivity index (χ0) is 39.4. The molecule has 3 heterocycles. The Morgan fingerprint density at radius 2 is 1.28 bits per heavy atom. The standard InChI is InChI=1S/C52H44N4O.Pt/c1-34-13-10-14-35(2)50(34)38-27-39(51-36(3)15-11-16-37(51)4)29-42(28-38)55-26-25-54(33-55)41-17-12-18-43(31-41)57-44-21-22-46-45-19-8-9-20-47(45)56(48(46)32-44)49-30-40(23-24-53-49)52(5,6)7;/h8-30H,1-7H3;/q-2;. The summed E-state index contributed by atoms with van der Waals surface area (Å²) in [7, 11) is 0. The molecular weight excluding hydrogens is 892 g/mol. The van der Waals surface area contributed by atoms with Gasteiger partial charge in [0.15, 0.2) is 0 Å². The van der Waals surface area contributed by atoms with Gasteiger partial charge < -0.3 is 13.9 Å². The summed E-state index contributed by atoms with van der Waals surface area (Å²) in [4.78, 5) is 4.82. The molecule has 0 saturated heterocycles. The van der Waals surface area contributed by atoms with E-state index in [1.807, 2.05) is 47.4 Å². The quantitative estimate of drug-likeness (QED) is 0.118. The predicted molar refractivity (Wildman–Crippen MR) is 231 cm³/mol. The average molecular weight is 936 g/mol. The van der Waals surface area contributed by atoms with Crippen LogP contribution >= 0.6 is 0 Å². The Morgan fingerprint density at radius 3 is 1.95 bits per heavy atom. The van der Waals surface area contributed by atoms with E-state index in [9.17, 15) is 0 Å². The first-order chi connectivity index (χ1) is 27.5. The van der Waals surface area contributed by atoms with E-state index < -0.39 is 0 Å². The number of ether oxygens (including phenoxy) is 1. The van der Waals surface area contributed by atoms with Crippen molar-refractivity contribution in [1.82, 2.24) is 14.1 Å². The monoisotopic (exact) mass is 935 g/mol. The number of rotatable bonds is 7. The van der Waals surface area contributed by atoms with Crippen LogP contribution in [0.25, 0.3) is 61.3 Å². The zero-order valence-corrected chi connectivity index (χ0v) is 36.1. The van der Waals surface area contributed by atoms with Gasteiger partial charge in [0, 0.05) is 56.7 Å². The first kappa shape index (κ1) is 38.8. The molecule has 0 unspecified atom stereocenters. The van der Waals surface area contributed by atoms with Gasteiger partial charge in [0.25, 0.3) is 6.33 Å². The van der Waals surface area contributed by atoms with Crippen molar-refractivity contribution >= 4 is 21.8 Å². The summed E-state index contributed by atoms with van der Waals surface area (Å²) in [6, 6.07) is 49.6. The third-order valence-corrected chi connectivity index (χ3v) is 10.9. The molecule has 3 aromatic heterocycles. The fourth-order valence-electron chi connectivity index (χ4n) is 8.11. The fraction of sp³-hybridized carbons (Fsp3) is 0.154. The smallest absolute Gasteiger partial charge is 0.267 e. The minimum absolute atomic E-state index is 0. The molecule has 9 rings (SSSR count). The molecular formula is C52H44N4OPt-2. The number of hydrogen-bond donors (Lipinski definition) is 0. The molecule has 0 bridgehead atoms. The van der Waals surface area contributed by atoms with Crippen LogP contribution in [0.2, 0.25) is 0 Å². The van der Waals surface area contributed by atoms with Crippen LogP contribution in [0.5, 0.6) is 11.5 Å². The first-order valence-electron chi connectivity index (χ1n) is 19.5. The maximum Gasteiger partial charge on any atom is 0.267 e. The molecule has 0 aliphatic heterocycles. The van der Waals surface area contributed by atoms with E-state index in [-0.39, 0.29) is 26.5 Å². The Hall–Kier alpha value is -6.03. The molecule has 0 aliphatic rings. The molecule has 0 saturated carbocycles. The second-order valence-electron chi connectivity index (χ2n) is 16.0. The summed E-state index contributed by atoms with van der Waals surface area (Å²) in [5.74, 6) is 2.04. The Balaban J connectivity index is 0.00000469. The Labute approximate surface area is 355 Å². The van der Waals surface area contributed by atoms with E-state index in [2.05, 4.69) is 173 Å². The molecule has 0 amide bonds. The van der Waals surface area contributed by atoms with Crippen molar-refractivity contribution in [2.75, 3.05) is 0 Å². The van der Waals surface area contributed by atoms with Gasteiger partial charge in [-0.25, -0.2) is 4.98 Å². The maximum atomic E-state index is 6.50. The zero-order valence-electron chi connectivity index (χ0n) is 33.8. The number of fused-ring (bicyclic) bond motifs is 3. The summed E-state index contributed by atoms with van der Waals surface area (Å²) in [6.07, 6.45) is 9.51. The Bertz CT molecular complexity index is 2870. The van der Waals surface area contributed by atoms with Crippen LogP contribution in [0, 0.1) is 46.2 Å². The molecule has 0 atom stereocenters. The normalized spacial score (nSPS) is 11.6. The van der Waals surface area contributed by atoms with E-state index in [0.29, 0.717) is 11.5 Å². The largest absolute Gasteiger partial charge is 0.510 e. The van der Waals surface area contributed by atoms with E-state index in [1.165, 1.54) is 50.1 Å². The first-order valence-corrected chi connectivity index (χ1v) is 19.5. The van der Waals surface area contributed by atoms with Crippen molar-refractivity contribution in [2.24, 2.45) is 0 Å². The van der Waals surface area contributed by atoms with E-state index in [0.717, 1.165) is 39.0 Å². The molecule has 5 nitrogen and oxygen atoms in total. The number of benzene rings is 6. The maximum absolute atomic E-state index is 6.50. The van der Waals surface area contributed by atoms with E-state index >= 15 is 0 Å². The van der Waals surface area contributed by atoms with Gasteiger partial charge in [-0.1, -0.05) is 80.9 Å². The molecule has 0 spiro atoms. The van der Waals surface area contributed by atoms with Gasteiger partial charge in [0.2, 0.25) is 0 Å². The average Bonchev–Trinajstić information content (AvgIpc) is 3.81. The molecule has 58 heavy (non-hydrogen) atoms. The van der Waals surface area contributed by atoms with Crippen LogP contribution in [-0.4, -0.2) is 14.1 Å². The summed E-state index contributed by atoms with van der Waals surface area (Å²) in [5, 5.41) is 2.23. The second-order valence-corrected chi connectivity index (χ2v) is 16.0. The van der Waals surface area contributed by atoms with Crippen molar-refractivity contribution in [3.05, 3.63) is 186 Å². The van der Waals surface area contributed by atoms with Crippen LogP contribution in [0.1, 0.15) is 48.6 Å². The van der Waals surface area contributed by atoms with E-state index in [1.54, 1.807) is 0 Å².